The number of nitrogens with zero attached hydrogens (tertiary/aromatic N) is 2. The summed E-state index contributed by atoms with van der Waals surface area (Å²) in [4.78, 5) is 13.6. The van der Waals surface area contributed by atoms with Crippen molar-refractivity contribution >= 4 is 6.08 Å². The molecule has 0 bridgehead atoms. The molecular formula is C11H17N3O. The van der Waals surface area contributed by atoms with Crippen molar-refractivity contribution in [3.05, 3.63) is 23.3 Å². The van der Waals surface area contributed by atoms with Crippen LogP contribution in [0.25, 0.3) is 0 Å². The summed E-state index contributed by atoms with van der Waals surface area (Å²) in [5.74, 6) is 0. The fraction of sp³-hybridized carbons (Fsp3) is 0.545. The molecule has 0 aromatic carbocycles. The predicted octanol–water partition coefficient (Wildman–Crippen LogP) is 3.03. The molecule has 1 N–H and O–H groups in total. The summed E-state index contributed by atoms with van der Waals surface area (Å²) >= 11 is 0. The molecule has 0 atom stereocenters. The number of aliphatic imine (C=N–C) groups is 1. The molecule has 0 radical (unpaired) electrons. The van der Waals surface area contributed by atoms with Crippen LogP contribution in [0.15, 0.2) is 33.4 Å². The van der Waals surface area contributed by atoms with Gasteiger partial charge < -0.3 is 0 Å². The molecule has 15 heavy (non-hydrogen) atoms. The standard InChI is InChI=1S/C11H17N3O/c1-9(2)11(7-13-8-15)10(3)5-4-6-14-12/h12H,1,4-7H2,2-3H3/b11-10+,14-12?. The lowest BCUT2D eigenvalue weighted by molar-refractivity contribution is 0.563. The third-order valence-electron chi connectivity index (χ3n) is 2.15. The van der Waals surface area contributed by atoms with Gasteiger partial charge in [-0.15, -0.1) is 0 Å². The number of nitrogens with one attached hydrogen (secondary N) is 1. The topological polar surface area (TPSA) is 65.6 Å². The molecule has 0 fully saturated rings. The predicted molar refractivity (Wildman–Crippen MR) is 59.8 cm³/mol. The van der Waals surface area contributed by atoms with E-state index in [1.165, 1.54) is 6.08 Å². The van der Waals surface area contributed by atoms with E-state index in [1.807, 2.05) is 13.8 Å². The molecule has 82 valence electrons. The van der Waals surface area contributed by atoms with Crippen LogP contribution < -0.4 is 0 Å². The quantitative estimate of drug-likeness (QED) is 0.225. The van der Waals surface area contributed by atoms with Gasteiger partial charge in [-0.3, -0.25) is 0 Å². The van der Waals surface area contributed by atoms with Gasteiger partial charge in [-0.1, -0.05) is 17.7 Å². The van der Waals surface area contributed by atoms with E-state index < -0.39 is 0 Å². The Bertz CT molecular complexity index is 312. The first-order chi connectivity index (χ1) is 7.13. The molecule has 0 heterocycles. The van der Waals surface area contributed by atoms with E-state index in [2.05, 4.69) is 16.7 Å². The van der Waals surface area contributed by atoms with Crippen LogP contribution in [0, 0.1) is 5.53 Å². The van der Waals surface area contributed by atoms with E-state index in [4.69, 9.17) is 5.53 Å². The van der Waals surface area contributed by atoms with E-state index in [1.54, 1.807) is 0 Å². The molecule has 0 rings (SSSR count). The fourth-order valence-electron chi connectivity index (χ4n) is 1.32. The first kappa shape index (κ1) is 13.5. The van der Waals surface area contributed by atoms with Crippen molar-refractivity contribution in [3.63, 3.8) is 0 Å². The van der Waals surface area contributed by atoms with Gasteiger partial charge in [0.2, 0.25) is 6.08 Å². The maximum absolute atomic E-state index is 10.0. The van der Waals surface area contributed by atoms with Crippen LogP contribution in [-0.2, 0) is 4.79 Å². The van der Waals surface area contributed by atoms with Crippen LogP contribution in [-0.4, -0.2) is 19.2 Å². The zero-order valence-electron chi connectivity index (χ0n) is 9.34. The maximum Gasteiger partial charge on any atom is 0.235 e. The minimum Gasteiger partial charge on any atom is -0.211 e. The summed E-state index contributed by atoms with van der Waals surface area (Å²) in [5.41, 5.74) is 9.76. The molecular weight excluding hydrogens is 190 g/mol. The van der Waals surface area contributed by atoms with Crippen LogP contribution in [0.2, 0.25) is 0 Å². The smallest absolute Gasteiger partial charge is 0.211 e. The van der Waals surface area contributed by atoms with Gasteiger partial charge >= 0.3 is 0 Å². The summed E-state index contributed by atoms with van der Waals surface area (Å²) in [6.07, 6.45) is 3.23. The van der Waals surface area contributed by atoms with Crippen molar-refractivity contribution in [2.24, 2.45) is 10.1 Å². The second-order valence-corrected chi connectivity index (χ2v) is 3.43. The molecule has 0 unspecified atom stereocenters. The van der Waals surface area contributed by atoms with E-state index in [-0.39, 0.29) is 0 Å². The van der Waals surface area contributed by atoms with Gasteiger partial charge in [0.05, 0.1) is 13.1 Å². The van der Waals surface area contributed by atoms with Crippen LogP contribution >= 0.6 is 0 Å². The Morgan fingerprint density at radius 2 is 2.13 bits per heavy atom. The first-order valence-electron chi connectivity index (χ1n) is 4.84. The fourth-order valence-corrected chi connectivity index (χ4v) is 1.32. The van der Waals surface area contributed by atoms with Crippen LogP contribution in [0.5, 0.6) is 0 Å². The molecule has 0 amide bonds. The molecule has 4 nitrogen and oxygen atoms in total. The number of rotatable bonds is 7. The van der Waals surface area contributed by atoms with E-state index in [0.29, 0.717) is 13.1 Å². The Kier molecular flexibility index (Phi) is 7.02. The molecule has 0 saturated carbocycles. The summed E-state index contributed by atoms with van der Waals surface area (Å²) in [5, 5.41) is 3.29. The third kappa shape index (κ3) is 5.70. The monoisotopic (exact) mass is 207 g/mol. The van der Waals surface area contributed by atoms with Crippen LogP contribution in [0.3, 0.4) is 0 Å². The lowest BCUT2D eigenvalue weighted by Crippen LogP contribution is -1.96. The molecule has 0 aliphatic heterocycles. The molecule has 4 heteroatoms. The number of isocyanates is 1. The molecule has 0 aliphatic rings. The highest BCUT2D eigenvalue weighted by Crippen LogP contribution is 2.17. The van der Waals surface area contributed by atoms with Crippen LogP contribution in [0.1, 0.15) is 26.7 Å². The van der Waals surface area contributed by atoms with E-state index in [9.17, 15) is 4.79 Å². The Balaban J connectivity index is 4.52. The van der Waals surface area contributed by atoms with Gasteiger partial charge in [-0.05, 0) is 32.3 Å². The lowest BCUT2D eigenvalue weighted by Gasteiger charge is -2.08. The zero-order valence-corrected chi connectivity index (χ0v) is 9.34. The second kappa shape index (κ2) is 7.83. The molecule has 0 aromatic rings. The van der Waals surface area contributed by atoms with Crippen molar-refractivity contribution in [3.8, 4) is 0 Å². The minimum atomic E-state index is 0.350. The lowest BCUT2D eigenvalue weighted by atomic mass is 10.00. The third-order valence-corrected chi connectivity index (χ3v) is 2.15. The van der Waals surface area contributed by atoms with Gasteiger partial charge in [0.15, 0.2) is 0 Å². The van der Waals surface area contributed by atoms with E-state index in [0.717, 1.165) is 29.6 Å². The van der Waals surface area contributed by atoms with Crippen molar-refractivity contribution in [2.75, 3.05) is 13.1 Å². The summed E-state index contributed by atoms with van der Waals surface area (Å²) in [6.45, 7) is 8.63. The van der Waals surface area contributed by atoms with Gasteiger partial charge in [-0.2, -0.15) is 5.11 Å². The maximum atomic E-state index is 10.0. The summed E-state index contributed by atoms with van der Waals surface area (Å²) < 4.78 is 0. The van der Waals surface area contributed by atoms with Crippen molar-refractivity contribution in [1.29, 1.82) is 5.53 Å². The Morgan fingerprint density at radius 3 is 2.60 bits per heavy atom. The van der Waals surface area contributed by atoms with Gasteiger partial charge in [0.1, 0.15) is 0 Å². The van der Waals surface area contributed by atoms with Gasteiger partial charge in [-0.25, -0.2) is 15.3 Å². The minimum absolute atomic E-state index is 0.350. The van der Waals surface area contributed by atoms with E-state index >= 15 is 0 Å². The highest BCUT2D eigenvalue weighted by molar-refractivity contribution is 5.38. The highest BCUT2D eigenvalue weighted by atomic mass is 16.1. The summed E-state index contributed by atoms with van der Waals surface area (Å²) in [6, 6.07) is 0. The Labute approximate surface area is 90.3 Å². The van der Waals surface area contributed by atoms with Crippen molar-refractivity contribution in [2.45, 2.75) is 26.7 Å². The Hall–Kier alpha value is -1.54. The average Bonchev–Trinajstić information content (AvgIpc) is 2.18. The number of hydrogen-bond donors (Lipinski definition) is 1. The van der Waals surface area contributed by atoms with Gasteiger partial charge in [0, 0.05) is 0 Å². The summed E-state index contributed by atoms with van der Waals surface area (Å²) in [7, 11) is 0. The average molecular weight is 207 g/mol. The molecule has 0 saturated heterocycles. The van der Waals surface area contributed by atoms with Crippen molar-refractivity contribution in [1.82, 2.24) is 0 Å². The molecule has 0 spiro atoms. The second-order valence-electron chi connectivity index (χ2n) is 3.43. The number of carbonyl (C=O) groups excluding carboxylic acids is 1. The molecule has 0 aromatic heterocycles. The van der Waals surface area contributed by atoms with Gasteiger partial charge in [0.25, 0.3) is 0 Å². The number of hydrogen-bond acceptors (Lipinski definition) is 4. The SMILES string of the molecule is C=C(C)/C(CN=C=O)=C(\C)CCCN=N. The zero-order chi connectivity index (χ0) is 11.7. The largest absolute Gasteiger partial charge is 0.235 e. The van der Waals surface area contributed by atoms with Crippen molar-refractivity contribution < 1.29 is 4.79 Å². The first-order valence-corrected chi connectivity index (χ1v) is 4.84. The normalized spacial score (nSPS) is 11.3. The number of allylic oxidation sites excluding steroid dienone is 1. The van der Waals surface area contributed by atoms with Crippen LogP contribution in [0.4, 0.5) is 0 Å². The highest BCUT2D eigenvalue weighted by Gasteiger charge is 2.03. The molecule has 0 aliphatic carbocycles. The Morgan fingerprint density at radius 1 is 1.47 bits per heavy atom.